The summed E-state index contributed by atoms with van der Waals surface area (Å²) in [6.07, 6.45) is 4.34. The monoisotopic (exact) mass is 226 g/mol. The maximum atomic E-state index is 12.0. The molecule has 0 spiro atoms. The number of hydrogen-bond acceptors (Lipinski definition) is 2. The van der Waals surface area contributed by atoms with Crippen LogP contribution >= 0.6 is 0 Å². The van der Waals surface area contributed by atoms with Crippen molar-refractivity contribution in [2.24, 2.45) is 5.92 Å². The summed E-state index contributed by atoms with van der Waals surface area (Å²) >= 11 is 0. The topological polar surface area (TPSA) is 32.3 Å². The van der Waals surface area contributed by atoms with Crippen LogP contribution in [-0.4, -0.2) is 29.6 Å². The van der Waals surface area contributed by atoms with E-state index in [4.69, 9.17) is 0 Å². The van der Waals surface area contributed by atoms with E-state index in [9.17, 15) is 4.79 Å². The number of amides is 1. The fraction of sp³-hybridized carbons (Fsp3) is 0.923. The molecule has 1 aliphatic rings. The minimum atomic E-state index is 0.0755. The summed E-state index contributed by atoms with van der Waals surface area (Å²) in [6, 6.07) is 0.454. The summed E-state index contributed by atoms with van der Waals surface area (Å²) < 4.78 is 0. The van der Waals surface area contributed by atoms with Crippen LogP contribution in [0.15, 0.2) is 0 Å². The van der Waals surface area contributed by atoms with Gasteiger partial charge in [0.05, 0.1) is 12.7 Å². The third-order valence-corrected chi connectivity index (χ3v) is 3.36. The number of nitrogens with zero attached hydrogens (tertiary/aromatic N) is 1. The number of hydrogen-bond donors (Lipinski definition) is 1. The summed E-state index contributed by atoms with van der Waals surface area (Å²) in [7, 11) is 0. The highest BCUT2D eigenvalue weighted by molar-refractivity contribution is 5.83. The molecule has 0 aliphatic carbocycles. The van der Waals surface area contributed by atoms with Crippen LogP contribution in [-0.2, 0) is 4.79 Å². The van der Waals surface area contributed by atoms with Gasteiger partial charge in [-0.25, -0.2) is 0 Å². The van der Waals surface area contributed by atoms with Crippen LogP contribution < -0.4 is 5.32 Å². The molecule has 1 fully saturated rings. The Balaban J connectivity index is 2.40. The lowest BCUT2D eigenvalue weighted by atomic mass is 10.0. The van der Waals surface area contributed by atoms with Crippen molar-refractivity contribution in [3.8, 4) is 0 Å². The minimum absolute atomic E-state index is 0.0755. The predicted molar refractivity (Wildman–Crippen MR) is 67.1 cm³/mol. The van der Waals surface area contributed by atoms with Gasteiger partial charge in [-0.1, -0.05) is 27.2 Å². The Labute approximate surface area is 99.6 Å². The Morgan fingerprint density at radius 1 is 1.38 bits per heavy atom. The van der Waals surface area contributed by atoms with E-state index < -0.39 is 0 Å². The number of carbonyl (C=O) groups excluding carboxylic acids is 1. The molecule has 1 aliphatic heterocycles. The molecular weight excluding hydrogens is 200 g/mol. The van der Waals surface area contributed by atoms with E-state index in [2.05, 4.69) is 33.0 Å². The van der Waals surface area contributed by atoms with E-state index in [0.29, 0.717) is 11.9 Å². The van der Waals surface area contributed by atoms with Gasteiger partial charge in [0.2, 0.25) is 5.91 Å². The standard InChI is InChI=1S/C13H26N2O/c1-5-6-12-13(16)15(9-14-12)11(4)8-7-10(2)3/h10-12,14H,5-9H2,1-4H3. The van der Waals surface area contributed by atoms with Gasteiger partial charge in [-0.15, -0.1) is 0 Å². The van der Waals surface area contributed by atoms with Gasteiger partial charge in [0.15, 0.2) is 0 Å². The molecule has 0 aromatic carbocycles. The molecular formula is C13H26N2O. The summed E-state index contributed by atoms with van der Waals surface area (Å²) in [4.78, 5) is 14.0. The van der Waals surface area contributed by atoms with Gasteiger partial charge >= 0.3 is 0 Å². The largest absolute Gasteiger partial charge is 0.326 e. The van der Waals surface area contributed by atoms with Crippen LogP contribution in [0.5, 0.6) is 0 Å². The average molecular weight is 226 g/mol. The van der Waals surface area contributed by atoms with Crippen molar-refractivity contribution in [1.82, 2.24) is 10.2 Å². The van der Waals surface area contributed by atoms with E-state index in [-0.39, 0.29) is 6.04 Å². The molecule has 3 heteroatoms. The summed E-state index contributed by atoms with van der Waals surface area (Å²) in [5.74, 6) is 1.03. The zero-order valence-corrected chi connectivity index (χ0v) is 11.1. The molecule has 0 radical (unpaired) electrons. The smallest absolute Gasteiger partial charge is 0.241 e. The van der Waals surface area contributed by atoms with Gasteiger partial charge in [0.25, 0.3) is 0 Å². The predicted octanol–water partition coefficient (Wildman–Crippen LogP) is 2.37. The van der Waals surface area contributed by atoms with E-state index in [1.54, 1.807) is 0 Å². The Hall–Kier alpha value is -0.570. The second-order valence-electron chi connectivity index (χ2n) is 5.33. The molecule has 1 N–H and O–H groups in total. The number of nitrogens with one attached hydrogen (secondary N) is 1. The van der Waals surface area contributed by atoms with Crippen LogP contribution in [0.3, 0.4) is 0 Å². The lowest BCUT2D eigenvalue weighted by Gasteiger charge is -2.24. The number of rotatable bonds is 6. The first-order valence-corrected chi connectivity index (χ1v) is 6.60. The van der Waals surface area contributed by atoms with Crippen molar-refractivity contribution in [1.29, 1.82) is 0 Å². The second-order valence-corrected chi connectivity index (χ2v) is 5.33. The van der Waals surface area contributed by atoms with Crippen molar-refractivity contribution in [2.75, 3.05) is 6.67 Å². The maximum absolute atomic E-state index is 12.0. The van der Waals surface area contributed by atoms with Crippen LogP contribution in [0.4, 0.5) is 0 Å². The molecule has 2 atom stereocenters. The van der Waals surface area contributed by atoms with Crippen LogP contribution in [0.2, 0.25) is 0 Å². The van der Waals surface area contributed by atoms with Gasteiger partial charge < -0.3 is 4.90 Å². The Morgan fingerprint density at radius 3 is 2.62 bits per heavy atom. The first kappa shape index (κ1) is 13.5. The van der Waals surface area contributed by atoms with Crippen molar-refractivity contribution < 1.29 is 4.79 Å². The summed E-state index contributed by atoms with van der Waals surface area (Å²) in [6.45, 7) is 9.49. The minimum Gasteiger partial charge on any atom is -0.326 e. The average Bonchev–Trinajstić information content (AvgIpc) is 2.58. The van der Waals surface area contributed by atoms with Crippen molar-refractivity contribution in [3.63, 3.8) is 0 Å². The molecule has 16 heavy (non-hydrogen) atoms. The molecule has 0 aromatic rings. The summed E-state index contributed by atoms with van der Waals surface area (Å²) in [5, 5.41) is 3.30. The molecule has 1 heterocycles. The first-order valence-electron chi connectivity index (χ1n) is 6.60. The molecule has 1 saturated heterocycles. The molecule has 3 nitrogen and oxygen atoms in total. The molecule has 1 rings (SSSR count). The zero-order valence-electron chi connectivity index (χ0n) is 11.1. The van der Waals surface area contributed by atoms with E-state index in [1.165, 1.54) is 6.42 Å². The van der Waals surface area contributed by atoms with Crippen LogP contribution in [0.25, 0.3) is 0 Å². The zero-order chi connectivity index (χ0) is 12.1. The second kappa shape index (κ2) is 6.24. The Bertz CT molecular complexity index is 228. The molecule has 1 amide bonds. The van der Waals surface area contributed by atoms with Crippen molar-refractivity contribution >= 4 is 5.91 Å². The highest BCUT2D eigenvalue weighted by Gasteiger charge is 2.32. The molecule has 0 aromatic heterocycles. The van der Waals surface area contributed by atoms with Gasteiger partial charge in [-0.3, -0.25) is 10.1 Å². The van der Waals surface area contributed by atoms with Crippen molar-refractivity contribution in [3.05, 3.63) is 0 Å². The third-order valence-electron chi connectivity index (χ3n) is 3.36. The molecule has 2 unspecified atom stereocenters. The van der Waals surface area contributed by atoms with Crippen LogP contribution in [0.1, 0.15) is 53.4 Å². The fourth-order valence-corrected chi connectivity index (χ4v) is 2.19. The van der Waals surface area contributed by atoms with Crippen molar-refractivity contribution in [2.45, 2.75) is 65.5 Å². The maximum Gasteiger partial charge on any atom is 0.241 e. The quantitative estimate of drug-likeness (QED) is 0.754. The lowest BCUT2D eigenvalue weighted by molar-refractivity contribution is -0.130. The van der Waals surface area contributed by atoms with E-state index in [0.717, 1.165) is 31.8 Å². The normalized spacial score (nSPS) is 23.2. The highest BCUT2D eigenvalue weighted by atomic mass is 16.2. The van der Waals surface area contributed by atoms with Gasteiger partial charge in [-0.2, -0.15) is 0 Å². The van der Waals surface area contributed by atoms with E-state index in [1.807, 2.05) is 4.90 Å². The van der Waals surface area contributed by atoms with Gasteiger partial charge in [-0.05, 0) is 32.1 Å². The van der Waals surface area contributed by atoms with Crippen LogP contribution in [0, 0.1) is 5.92 Å². The first-order chi connectivity index (χ1) is 7.56. The van der Waals surface area contributed by atoms with Gasteiger partial charge in [0, 0.05) is 6.04 Å². The lowest BCUT2D eigenvalue weighted by Crippen LogP contribution is -2.37. The van der Waals surface area contributed by atoms with Gasteiger partial charge in [0.1, 0.15) is 0 Å². The molecule has 94 valence electrons. The molecule has 0 bridgehead atoms. The highest BCUT2D eigenvalue weighted by Crippen LogP contribution is 2.17. The Kier molecular flexibility index (Phi) is 5.26. The van der Waals surface area contributed by atoms with E-state index >= 15 is 0 Å². The fourth-order valence-electron chi connectivity index (χ4n) is 2.19. The molecule has 0 saturated carbocycles. The summed E-state index contributed by atoms with van der Waals surface area (Å²) in [5.41, 5.74) is 0. The Morgan fingerprint density at radius 2 is 2.06 bits per heavy atom. The third kappa shape index (κ3) is 3.48. The number of carbonyl (C=O) groups is 1. The SMILES string of the molecule is CCCC1NCN(C(C)CCC(C)C)C1=O.